The highest BCUT2D eigenvalue weighted by molar-refractivity contribution is 6.00. The Morgan fingerprint density at radius 1 is 0.500 bits per heavy atom. The van der Waals surface area contributed by atoms with Gasteiger partial charge in [-0.1, -0.05) is 78.9 Å². The molecule has 0 saturated carbocycles. The lowest BCUT2D eigenvalue weighted by molar-refractivity contribution is 1.21. The summed E-state index contributed by atoms with van der Waals surface area (Å²) >= 11 is 0. The Bertz CT molecular complexity index is 1080. The van der Waals surface area contributed by atoms with Crippen LogP contribution in [0.25, 0.3) is 33.4 Å². The fourth-order valence-corrected chi connectivity index (χ4v) is 3.96. The van der Waals surface area contributed by atoms with E-state index in [-0.39, 0.29) is 0 Å². The van der Waals surface area contributed by atoms with Gasteiger partial charge in [0.2, 0.25) is 0 Å². The van der Waals surface area contributed by atoms with Crippen molar-refractivity contribution < 1.29 is 0 Å². The summed E-state index contributed by atoms with van der Waals surface area (Å²) in [5, 5.41) is 6.96. The molecule has 0 aliphatic rings. The SMILES string of the molecule is CCNc1ccc(-c2ccc(NCC)c(-c3ccccc3)c2-c2ccccc2)cc1. The molecular formula is C28H28N2. The van der Waals surface area contributed by atoms with Crippen molar-refractivity contribution in [3.63, 3.8) is 0 Å². The number of nitrogens with one attached hydrogen (secondary N) is 2. The van der Waals surface area contributed by atoms with Gasteiger partial charge in [-0.15, -0.1) is 0 Å². The minimum atomic E-state index is 0.880. The van der Waals surface area contributed by atoms with Crippen LogP contribution in [0.2, 0.25) is 0 Å². The van der Waals surface area contributed by atoms with Gasteiger partial charge in [-0.3, -0.25) is 0 Å². The molecule has 0 radical (unpaired) electrons. The van der Waals surface area contributed by atoms with E-state index in [4.69, 9.17) is 0 Å². The van der Waals surface area contributed by atoms with Crippen LogP contribution >= 0.6 is 0 Å². The van der Waals surface area contributed by atoms with Gasteiger partial charge in [0.05, 0.1) is 0 Å². The van der Waals surface area contributed by atoms with Crippen LogP contribution in [-0.4, -0.2) is 13.1 Å². The van der Waals surface area contributed by atoms with Crippen LogP contribution in [0, 0.1) is 0 Å². The minimum Gasteiger partial charge on any atom is -0.385 e. The average molecular weight is 393 g/mol. The third-order valence-electron chi connectivity index (χ3n) is 5.27. The molecule has 4 rings (SSSR count). The number of rotatable bonds is 7. The molecule has 4 aromatic rings. The van der Waals surface area contributed by atoms with Crippen LogP contribution in [0.3, 0.4) is 0 Å². The highest BCUT2D eigenvalue weighted by Crippen LogP contribution is 2.44. The van der Waals surface area contributed by atoms with E-state index in [9.17, 15) is 0 Å². The van der Waals surface area contributed by atoms with E-state index < -0.39 is 0 Å². The van der Waals surface area contributed by atoms with E-state index in [0.29, 0.717) is 0 Å². The molecule has 4 aromatic carbocycles. The van der Waals surface area contributed by atoms with Crippen molar-refractivity contribution in [2.24, 2.45) is 0 Å². The Labute approximate surface area is 179 Å². The van der Waals surface area contributed by atoms with Gasteiger partial charge in [0.1, 0.15) is 0 Å². The Hall–Kier alpha value is -3.52. The average Bonchev–Trinajstić information content (AvgIpc) is 2.81. The van der Waals surface area contributed by atoms with Crippen molar-refractivity contribution in [1.29, 1.82) is 0 Å². The number of anilines is 2. The third kappa shape index (κ3) is 4.08. The van der Waals surface area contributed by atoms with Crippen LogP contribution in [0.1, 0.15) is 13.8 Å². The minimum absolute atomic E-state index is 0.880. The van der Waals surface area contributed by atoms with Crippen LogP contribution < -0.4 is 10.6 Å². The maximum atomic E-state index is 3.58. The standard InChI is InChI=1S/C28H28N2/c1-3-29-24-17-15-21(16-18-24)25-19-20-26(30-4-2)28(23-13-9-6-10-14-23)27(25)22-11-7-5-8-12-22/h5-20,29-30H,3-4H2,1-2H3. The summed E-state index contributed by atoms with van der Waals surface area (Å²) in [6, 6.07) is 34.6. The molecule has 150 valence electrons. The highest BCUT2D eigenvalue weighted by Gasteiger charge is 2.17. The third-order valence-corrected chi connectivity index (χ3v) is 5.27. The normalized spacial score (nSPS) is 10.6. The quantitative estimate of drug-likeness (QED) is 0.339. The summed E-state index contributed by atoms with van der Waals surface area (Å²) in [7, 11) is 0. The van der Waals surface area contributed by atoms with Crippen molar-refractivity contribution >= 4 is 11.4 Å². The van der Waals surface area contributed by atoms with Crippen LogP contribution in [0.15, 0.2) is 97.1 Å². The molecular weight excluding hydrogens is 364 g/mol. The van der Waals surface area contributed by atoms with E-state index >= 15 is 0 Å². The molecule has 0 bridgehead atoms. The lowest BCUT2D eigenvalue weighted by atomic mass is 9.86. The molecule has 0 heterocycles. The van der Waals surface area contributed by atoms with Gasteiger partial charge in [-0.2, -0.15) is 0 Å². The summed E-state index contributed by atoms with van der Waals surface area (Å²) in [5.41, 5.74) is 9.72. The van der Waals surface area contributed by atoms with Crippen molar-refractivity contribution in [2.45, 2.75) is 13.8 Å². The van der Waals surface area contributed by atoms with E-state index in [1.165, 1.54) is 33.4 Å². The maximum Gasteiger partial charge on any atom is 0.0426 e. The number of hydrogen-bond acceptors (Lipinski definition) is 2. The summed E-state index contributed by atoms with van der Waals surface area (Å²) in [5.74, 6) is 0. The summed E-state index contributed by atoms with van der Waals surface area (Å²) in [6.45, 7) is 6.06. The van der Waals surface area contributed by atoms with Crippen molar-refractivity contribution in [3.05, 3.63) is 97.1 Å². The second-order valence-corrected chi connectivity index (χ2v) is 7.28. The van der Waals surface area contributed by atoms with Gasteiger partial charge in [-0.25, -0.2) is 0 Å². The molecule has 0 unspecified atom stereocenters. The van der Waals surface area contributed by atoms with Crippen molar-refractivity contribution in [3.8, 4) is 33.4 Å². The summed E-state index contributed by atoms with van der Waals surface area (Å²) < 4.78 is 0. The van der Waals surface area contributed by atoms with Crippen LogP contribution in [0.5, 0.6) is 0 Å². The second-order valence-electron chi connectivity index (χ2n) is 7.28. The van der Waals surface area contributed by atoms with Crippen molar-refractivity contribution in [2.75, 3.05) is 23.7 Å². The number of hydrogen-bond donors (Lipinski definition) is 2. The molecule has 2 heteroatoms. The zero-order valence-corrected chi connectivity index (χ0v) is 17.7. The molecule has 30 heavy (non-hydrogen) atoms. The fraction of sp³-hybridized carbons (Fsp3) is 0.143. The van der Waals surface area contributed by atoms with Gasteiger partial charge < -0.3 is 10.6 Å². The predicted molar refractivity (Wildman–Crippen MR) is 131 cm³/mol. The Balaban J connectivity index is 1.99. The first-order valence-electron chi connectivity index (χ1n) is 10.7. The lowest BCUT2D eigenvalue weighted by Gasteiger charge is -2.21. The van der Waals surface area contributed by atoms with E-state index in [1.807, 2.05) is 0 Å². The Kier molecular flexibility index (Phi) is 6.14. The highest BCUT2D eigenvalue weighted by atomic mass is 14.9. The Morgan fingerprint density at radius 2 is 1.07 bits per heavy atom. The number of benzene rings is 4. The first-order chi connectivity index (χ1) is 14.8. The zero-order valence-electron chi connectivity index (χ0n) is 17.7. The van der Waals surface area contributed by atoms with Gasteiger partial charge in [0.15, 0.2) is 0 Å². The molecule has 2 N–H and O–H groups in total. The van der Waals surface area contributed by atoms with Crippen LogP contribution in [0.4, 0.5) is 11.4 Å². The van der Waals surface area contributed by atoms with Gasteiger partial charge in [-0.05, 0) is 59.9 Å². The van der Waals surface area contributed by atoms with E-state index in [1.54, 1.807) is 0 Å². The molecule has 0 aliphatic carbocycles. The molecule has 0 saturated heterocycles. The molecule has 0 aliphatic heterocycles. The fourth-order valence-electron chi connectivity index (χ4n) is 3.96. The van der Waals surface area contributed by atoms with E-state index in [0.717, 1.165) is 24.5 Å². The lowest BCUT2D eigenvalue weighted by Crippen LogP contribution is -2.01. The molecule has 2 nitrogen and oxygen atoms in total. The van der Waals surface area contributed by atoms with E-state index in [2.05, 4.69) is 122 Å². The topological polar surface area (TPSA) is 24.1 Å². The molecule has 0 spiro atoms. The molecule has 0 fully saturated rings. The first kappa shape index (κ1) is 19.8. The van der Waals surface area contributed by atoms with Gasteiger partial charge in [0.25, 0.3) is 0 Å². The Morgan fingerprint density at radius 3 is 1.63 bits per heavy atom. The summed E-state index contributed by atoms with van der Waals surface area (Å²) in [6.07, 6.45) is 0. The smallest absolute Gasteiger partial charge is 0.0426 e. The van der Waals surface area contributed by atoms with Gasteiger partial charge >= 0.3 is 0 Å². The summed E-state index contributed by atoms with van der Waals surface area (Å²) in [4.78, 5) is 0. The molecule has 0 atom stereocenters. The second kappa shape index (κ2) is 9.32. The van der Waals surface area contributed by atoms with Gasteiger partial charge in [0, 0.05) is 30.0 Å². The largest absolute Gasteiger partial charge is 0.385 e. The maximum absolute atomic E-state index is 3.58. The monoisotopic (exact) mass is 392 g/mol. The first-order valence-corrected chi connectivity index (χ1v) is 10.7. The van der Waals surface area contributed by atoms with Crippen LogP contribution in [-0.2, 0) is 0 Å². The molecule has 0 aromatic heterocycles. The van der Waals surface area contributed by atoms with Crippen molar-refractivity contribution in [1.82, 2.24) is 0 Å². The predicted octanol–water partition coefficient (Wildman–Crippen LogP) is 7.55. The molecule has 0 amide bonds. The zero-order chi connectivity index (χ0) is 20.8.